The highest BCUT2D eigenvalue weighted by atomic mass is 32.1. The molecular weight excluding hydrogens is 420 g/mol. The number of carbonyl (C=O) groups excluding carboxylic acids is 2. The van der Waals surface area contributed by atoms with Gasteiger partial charge in [0, 0.05) is 6.42 Å². The summed E-state index contributed by atoms with van der Waals surface area (Å²) < 4.78 is 9.19. The van der Waals surface area contributed by atoms with Crippen molar-refractivity contribution in [1.29, 1.82) is 0 Å². The number of aliphatic imine (C=N–C) groups is 1. The van der Waals surface area contributed by atoms with E-state index in [9.17, 15) is 9.59 Å². The van der Waals surface area contributed by atoms with Gasteiger partial charge in [-0.1, -0.05) is 37.3 Å². The number of nitrogens with zero attached hydrogens (tertiary/aromatic N) is 1. The third-order valence-electron chi connectivity index (χ3n) is 3.59. The van der Waals surface area contributed by atoms with Gasteiger partial charge in [0.15, 0.2) is 0 Å². The van der Waals surface area contributed by atoms with Gasteiger partial charge in [0.1, 0.15) is 0 Å². The van der Waals surface area contributed by atoms with Crippen LogP contribution in [0, 0.1) is 0 Å². The largest absolute Gasteiger partial charge is 0.465 e. The first-order chi connectivity index (χ1) is 14.4. The van der Waals surface area contributed by atoms with Crippen LogP contribution in [0.3, 0.4) is 0 Å². The standard InChI is InChI=1S/C12H14O2S.C9H7NO2S.CH5N/c1-3-11(15)8-9-5-4-6-10(7-9)12(13)14-2;1-12-9(11)7-3-2-4-8(5-7)10-6-13;1-2/h4-7H,3,8H2,1-2H3;2-5H,1H3;2H2,1H3. The van der Waals surface area contributed by atoms with Crippen LogP contribution in [0.25, 0.3) is 0 Å². The summed E-state index contributed by atoms with van der Waals surface area (Å²) in [5.41, 5.74) is 7.19. The molecule has 0 unspecified atom stereocenters. The van der Waals surface area contributed by atoms with Gasteiger partial charge in [-0.25, -0.2) is 9.59 Å². The molecule has 8 heteroatoms. The van der Waals surface area contributed by atoms with Crippen LogP contribution < -0.4 is 5.73 Å². The summed E-state index contributed by atoms with van der Waals surface area (Å²) in [6.45, 7) is 2.03. The first-order valence-corrected chi connectivity index (χ1v) is 9.79. The number of carbonyl (C=O) groups is 2. The predicted molar refractivity (Wildman–Crippen MR) is 127 cm³/mol. The lowest BCUT2D eigenvalue weighted by Gasteiger charge is -2.03. The molecule has 0 saturated heterocycles. The Morgan fingerprint density at radius 1 is 1.00 bits per heavy atom. The molecule has 2 rings (SSSR count). The molecule has 160 valence electrons. The Hall–Kier alpha value is -2.77. The van der Waals surface area contributed by atoms with E-state index < -0.39 is 0 Å². The smallest absolute Gasteiger partial charge is 0.337 e. The molecule has 0 saturated carbocycles. The van der Waals surface area contributed by atoms with Crippen molar-refractivity contribution in [1.82, 2.24) is 0 Å². The quantitative estimate of drug-likeness (QED) is 0.394. The third-order valence-corrected chi connectivity index (χ3v) is 4.11. The lowest BCUT2D eigenvalue weighted by molar-refractivity contribution is 0.0592. The molecule has 0 aliphatic carbocycles. The second-order valence-corrected chi connectivity index (χ2v) is 6.27. The van der Waals surface area contributed by atoms with Crippen LogP contribution in [0.4, 0.5) is 5.69 Å². The molecule has 0 spiro atoms. The normalized spacial score (nSPS) is 8.83. The summed E-state index contributed by atoms with van der Waals surface area (Å²) in [7, 11) is 4.21. The molecular formula is C22H26N2O4S2. The number of methoxy groups -OCH3 is 2. The molecule has 0 bridgehead atoms. The van der Waals surface area contributed by atoms with Gasteiger partial charge >= 0.3 is 11.9 Å². The van der Waals surface area contributed by atoms with Crippen LogP contribution in [-0.4, -0.2) is 43.2 Å². The first-order valence-electron chi connectivity index (χ1n) is 8.98. The van der Waals surface area contributed by atoms with E-state index in [1.807, 2.05) is 25.1 Å². The number of hydrogen-bond acceptors (Lipinski definition) is 8. The number of benzene rings is 2. The van der Waals surface area contributed by atoms with Gasteiger partial charge in [0.25, 0.3) is 0 Å². The van der Waals surface area contributed by atoms with Gasteiger partial charge in [0.05, 0.1) is 36.2 Å². The SMILES string of the molecule is CCC(=S)Cc1cccc(C(=O)OC)c1.CN.COC(=O)c1cccc(N=C=S)c1. The number of thiocarbonyl (C=S) groups is 2. The summed E-state index contributed by atoms with van der Waals surface area (Å²) in [4.78, 5) is 27.1. The lowest BCUT2D eigenvalue weighted by atomic mass is 10.1. The van der Waals surface area contributed by atoms with Crippen molar-refractivity contribution >= 4 is 52.1 Å². The molecule has 2 aromatic rings. The van der Waals surface area contributed by atoms with Crippen molar-refractivity contribution in [2.45, 2.75) is 19.8 Å². The molecule has 6 nitrogen and oxygen atoms in total. The van der Waals surface area contributed by atoms with Gasteiger partial charge in [-0.15, -0.1) is 0 Å². The molecule has 2 N–H and O–H groups in total. The highest BCUT2D eigenvalue weighted by Crippen LogP contribution is 2.13. The van der Waals surface area contributed by atoms with Crippen molar-refractivity contribution in [3.05, 3.63) is 65.2 Å². The minimum absolute atomic E-state index is 0.306. The Bertz CT molecular complexity index is 894. The minimum atomic E-state index is -0.388. The lowest BCUT2D eigenvalue weighted by Crippen LogP contribution is -2.03. The molecule has 30 heavy (non-hydrogen) atoms. The zero-order valence-electron chi connectivity index (χ0n) is 17.5. The molecule has 0 amide bonds. The number of ether oxygens (including phenoxy) is 2. The Morgan fingerprint density at radius 3 is 2.03 bits per heavy atom. The van der Waals surface area contributed by atoms with E-state index in [2.05, 4.69) is 37.6 Å². The van der Waals surface area contributed by atoms with E-state index in [1.54, 1.807) is 30.3 Å². The fraction of sp³-hybridized carbons (Fsp3) is 0.273. The van der Waals surface area contributed by atoms with Crippen LogP contribution in [-0.2, 0) is 15.9 Å². The zero-order chi connectivity index (χ0) is 22.9. The summed E-state index contributed by atoms with van der Waals surface area (Å²) in [5.74, 6) is -0.694. The fourth-order valence-electron chi connectivity index (χ4n) is 2.15. The molecule has 0 atom stereocenters. The topological polar surface area (TPSA) is 91.0 Å². The summed E-state index contributed by atoms with van der Waals surface area (Å²) >= 11 is 9.60. The minimum Gasteiger partial charge on any atom is -0.465 e. The molecule has 0 aliphatic heterocycles. The Labute approximate surface area is 188 Å². The third kappa shape index (κ3) is 10.1. The van der Waals surface area contributed by atoms with Crippen molar-refractivity contribution in [2.75, 3.05) is 21.3 Å². The van der Waals surface area contributed by atoms with E-state index in [4.69, 9.17) is 12.2 Å². The zero-order valence-corrected chi connectivity index (χ0v) is 19.1. The summed E-state index contributed by atoms with van der Waals surface area (Å²) in [5, 5.41) is 2.22. The van der Waals surface area contributed by atoms with Crippen LogP contribution in [0.2, 0.25) is 0 Å². The molecule has 0 aliphatic rings. The van der Waals surface area contributed by atoms with Crippen LogP contribution in [0.1, 0.15) is 39.6 Å². The maximum absolute atomic E-state index is 11.3. The van der Waals surface area contributed by atoms with Crippen molar-refractivity contribution in [2.24, 2.45) is 10.7 Å². The summed E-state index contributed by atoms with van der Waals surface area (Å²) in [6.07, 6.45) is 1.63. The monoisotopic (exact) mass is 446 g/mol. The predicted octanol–water partition coefficient (Wildman–Crippen LogP) is 4.58. The Kier molecular flexibility index (Phi) is 14.6. The van der Waals surface area contributed by atoms with Gasteiger partial charge < -0.3 is 15.2 Å². The first kappa shape index (κ1) is 27.2. The second-order valence-electron chi connectivity index (χ2n) is 5.51. The Morgan fingerprint density at radius 2 is 1.53 bits per heavy atom. The van der Waals surface area contributed by atoms with E-state index >= 15 is 0 Å². The highest BCUT2D eigenvalue weighted by Gasteiger charge is 2.06. The second kappa shape index (κ2) is 16.1. The van der Waals surface area contributed by atoms with Crippen molar-refractivity contribution in [3.63, 3.8) is 0 Å². The molecule has 0 aromatic heterocycles. The highest BCUT2D eigenvalue weighted by molar-refractivity contribution is 7.80. The maximum Gasteiger partial charge on any atom is 0.337 e. The number of rotatable bonds is 6. The summed E-state index contributed by atoms with van der Waals surface area (Å²) in [6, 6.07) is 14.1. The number of hydrogen-bond donors (Lipinski definition) is 1. The molecule has 2 aromatic carbocycles. The van der Waals surface area contributed by atoms with Crippen LogP contribution >= 0.6 is 24.4 Å². The molecule has 0 fully saturated rings. The number of esters is 2. The van der Waals surface area contributed by atoms with E-state index in [-0.39, 0.29) is 11.9 Å². The molecule has 0 heterocycles. The average molecular weight is 447 g/mol. The fourth-order valence-corrected chi connectivity index (χ4v) is 2.42. The van der Waals surface area contributed by atoms with Gasteiger partial charge in [-0.05, 0) is 66.4 Å². The van der Waals surface area contributed by atoms with E-state index in [0.29, 0.717) is 16.8 Å². The number of isothiocyanates is 1. The Balaban J connectivity index is 0.000000522. The van der Waals surface area contributed by atoms with Gasteiger partial charge in [0.2, 0.25) is 0 Å². The average Bonchev–Trinajstić information content (AvgIpc) is 2.80. The molecule has 0 radical (unpaired) electrons. The van der Waals surface area contributed by atoms with Crippen LogP contribution in [0.15, 0.2) is 53.5 Å². The van der Waals surface area contributed by atoms with Crippen molar-refractivity contribution < 1.29 is 19.1 Å². The van der Waals surface area contributed by atoms with Crippen molar-refractivity contribution in [3.8, 4) is 0 Å². The van der Waals surface area contributed by atoms with Crippen LogP contribution in [0.5, 0.6) is 0 Å². The maximum atomic E-state index is 11.3. The van der Waals surface area contributed by atoms with Gasteiger partial charge in [-0.3, -0.25) is 0 Å². The van der Waals surface area contributed by atoms with E-state index in [1.165, 1.54) is 21.3 Å². The number of nitrogens with two attached hydrogens (primary N) is 1. The van der Waals surface area contributed by atoms with E-state index in [0.717, 1.165) is 23.3 Å². The van der Waals surface area contributed by atoms with Gasteiger partial charge in [-0.2, -0.15) is 4.99 Å².